The number of ether oxygens (including phenoxy) is 1. The van der Waals surface area contributed by atoms with Gasteiger partial charge >= 0.3 is 8.25 Å². The molecule has 9 heteroatoms. The highest BCUT2D eigenvalue weighted by atomic mass is 31.1. The molecular formula is C18H25N2O6P. The fourth-order valence-corrected chi connectivity index (χ4v) is 3.47. The summed E-state index contributed by atoms with van der Waals surface area (Å²) in [5, 5.41) is 2.44. The van der Waals surface area contributed by atoms with Gasteiger partial charge in [-0.3, -0.25) is 19.0 Å². The predicted octanol–water partition coefficient (Wildman–Crippen LogP) is 2.25. The maximum absolute atomic E-state index is 12.0. The van der Waals surface area contributed by atoms with Gasteiger partial charge in [0.15, 0.2) is 0 Å². The van der Waals surface area contributed by atoms with Crippen molar-refractivity contribution in [2.75, 3.05) is 13.7 Å². The second kappa shape index (κ2) is 10.3. The molecule has 8 nitrogen and oxygen atoms in total. The third-order valence-corrected chi connectivity index (χ3v) is 4.90. The van der Waals surface area contributed by atoms with Crippen molar-refractivity contribution in [3.63, 3.8) is 0 Å². The summed E-state index contributed by atoms with van der Waals surface area (Å²) in [6, 6.07) is 7.21. The van der Waals surface area contributed by atoms with E-state index in [1.54, 1.807) is 12.1 Å². The van der Waals surface area contributed by atoms with Crippen molar-refractivity contribution >= 4 is 20.6 Å². The van der Waals surface area contributed by atoms with E-state index >= 15 is 0 Å². The Hall–Kier alpha value is -2.15. The maximum atomic E-state index is 12.0. The van der Waals surface area contributed by atoms with Gasteiger partial charge in [-0.2, -0.15) is 0 Å². The first-order valence-electron chi connectivity index (χ1n) is 8.62. The van der Waals surface area contributed by atoms with E-state index < -0.39 is 14.5 Å². The summed E-state index contributed by atoms with van der Waals surface area (Å²) in [7, 11) is -1.21. The highest BCUT2D eigenvalue weighted by Gasteiger charge is 2.35. The van der Waals surface area contributed by atoms with E-state index in [-0.39, 0.29) is 24.5 Å². The molecule has 1 heterocycles. The number of aryl methyl sites for hydroxylation is 1. The van der Waals surface area contributed by atoms with Crippen LogP contribution in [0.4, 0.5) is 0 Å². The molecule has 1 unspecified atom stereocenters. The van der Waals surface area contributed by atoms with E-state index in [9.17, 15) is 14.2 Å². The van der Waals surface area contributed by atoms with Gasteiger partial charge in [-0.15, -0.1) is 0 Å². The van der Waals surface area contributed by atoms with E-state index in [1.807, 2.05) is 26.0 Å². The molecule has 2 amide bonds. The number of hydrogen-bond donors (Lipinski definition) is 1. The molecule has 1 aliphatic heterocycles. The van der Waals surface area contributed by atoms with Crippen LogP contribution in [0, 0.1) is 12.8 Å². The maximum Gasteiger partial charge on any atom is 0.367 e. The van der Waals surface area contributed by atoms with Crippen LogP contribution in [-0.2, 0) is 23.4 Å². The minimum Gasteiger partial charge on any atom is -0.426 e. The summed E-state index contributed by atoms with van der Waals surface area (Å²) in [5.41, 5.74) is 0.997. The van der Waals surface area contributed by atoms with Gasteiger partial charge in [-0.25, -0.2) is 4.57 Å². The number of amides is 2. The van der Waals surface area contributed by atoms with Gasteiger partial charge in [0.1, 0.15) is 12.0 Å². The Balaban J connectivity index is 1.84. The number of carbonyl (C=O) groups excluding carboxylic acids is 2. The third kappa shape index (κ3) is 6.50. The minimum absolute atomic E-state index is 0.0261. The molecular weight excluding hydrogens is 371 g/mol. The third-order valence-electron chi connectivity index (χ3n) is 4.09. The number of nitrogens with one attached hydrogen (secondary N) is 1. The first kappa shape index (κ1) is 21.2. The van der Waals surface area contributed by atoms with E-state index in [0.29, 0.717) is 18.6 Å². The van der Waals surface area contributed by atoms with Crippen LogP contribution in [0.2, 0.25) is 0 Å². The molecule has 4 atom stereocenters. The monoisotopic (exact) mass is 396 g/mol. The average Bonchev–Trinajstić information content (AvgIpc) is 3.01. The highest BCUT2D eigenvalue weighted by Crippen LogP contribution is 2.33. The number of nitrogens with zero attached hydrogens (tertiary/aromatic N) is 1. The second-order valence-electron chi connectivity index (χ2n) is 6.32. The Morgan fingerprint density at radius 3 is 2.93 bits per heavy atom. The van der Waals surface area contributed by atoms with Crippen molar-refractivity contribution in [3.05, 3.63) is 42.1 Å². The molecule has 0 radical (unpaired) electrons. The lowest BCUT2D eigenvalue weighted by atomic mass is 10.1. The molecule has 1 N–H and O–H groups in total. The van der Waals surface area contributed by atoms with Crippen molar-refractivity contribution in [1.82, 2.24) is 10.2 Å². The van der Waals surface area contributed by atoms with Crippen molar-refractivity contribution < 1.29 is 27.9 Å². The second-order valence-corrected chi connectivity index (χ2v) is 7.32. The number of likely N-dealkylation sites (N-methyl/N-ethyl adjacent to an activating group) is 1. The van der Waals surface area contributed by atoms with Gasteiger partial charge in [0, 0.05) is 25.2 Å². The van der Waals surface area contributed by atoms with E-state index in [0.717, 1.165) is 5.56 Å². The van der Waals surface area contributed by atoms with Crippen molar-refractivity contribution in [1.29, 1.82) is 0 Å². The smallest absolute Gasteiger partial charge is 0.367 e. The molecule has 0 aromatic heterocycles. The lowest BCUT2D eigenvalue weighted by Crippen LogP contribution is -2.34. The van der Waals surface area contributed by atoms with Crippen LogP contribution in [0.5, 0.6) is 5.75 Å². The van der Waals surface area contributed by atoms with Crippen LogP contribution in [0.15, 0.2) is 36.5 Å². The van der Waals surface area contributed by atoms with E-state index in [2.05, 4.69) is 5.32 Å². The SMILES string of the molecule is CNC(=O)/C=C\N(C=O)[C@@H]1O[C@H](CO[PH](=O)Oc2cccc(C)c2)C[C@@H]1C. The molecule has 1 aromatic carbocycles. The average molecular weight is 396 g/mol. The molecule has 0 bridgehead atoms. The first-order chi connectivity index (χ1) is 12.9. The molecule has 27 heavy (non-hydrogen) atoms. The molecule has 148 valence electrons. The lowest BCUT2D eigenvalue weighted by Gasteiger charge is -2.24. The van der Waals surface area contributed by atoms with Crippen LogP contribution >= 0.6 is 8.25 Å². The summed E-state index contributed by atoms with van der Waals surface area (Å²) < 4.78 is 28.4. The Morgan fingerprint density at radius 2 is 2.26 bits per heavy atom. The van der Waals surface area contributed by atoms with Crippen LogP contribution in [0.1, 0.15) is 18.9 Å². The molecule has 1 aromatic rings. The zero-order valence-electron chi connectivity index (χ0n) is 15.6. The van der Waals surface area contributed by atoms with Gasteiger partial charge in [-0.05, 0) is 31.0 Å². The van der Waals surface area contributed by atoms with Crippen LogP contribution in [-0.4, -0.2) is 43.2 Å². The van der Waals surface area contributed by atoms with E-state index in [4.69, 9.17) is 13.8 Å². The largest absolute Gasteiger partial charge is 0.426 e. The quantitative estimate of drug-likeness (QED) is 0.391. The Morgan fingerprint density at radius 1 is 1.48 bits per heavy atom. The minimum atomic E-state index is -2.71. The number of carbonyl (C=O) groups is 2. The highest BCUT2D eigenvalue weighted by molar-refractivity contribution is 7.33. The fraction of sp³-hybridized carbons (Fsp3) is 0.444. The zero-order valence-corrected chi connectivity index (χ0v) is 16.6. The van der Waals surface area contributed by atoms with Crippen LogP contribution in [0.25, 0.3) is 0 Å². The summed E-state index contributed by atoms with van der Waals surface area (Å²) in [6.07, 6.45) is 3.02. The first-order valence-corrected chi connectivity index (χ1v) is 9.84. The predicted molar refractivity (Wildman–Crippen MR) is 100 cm³/mol. The number of benzene rings is 1. The van der Waals surface area contributed by atoms with Crippen molar-refractivity contribution in [2.45, 2.75) is 32.6 Å². The summed E-state index contributed by atoms with van der Waals surface area (Å²) in [4.78, 5) is 23.9. The summed E-state index contributed by atoms with van der Waals surface area (Å²) in [5.74, 6) is 0.196. The summed E-state index contributed by atoms with van der Waals surface area (Å²) in [6.45, 7) is 3.94. The number of rotatable bonds is 9. The Labute approximate surface area is 159 Å². The van der Waals surface area contributed by atoms with Crippen molar-refractivity contribution in [3.8, 4) is 5.75 Å². The standard InChI is InChI=1S/C18H25N2O6P/c1-13-5-4-6-15(9-13)26-27(23)24-11-16-10-14(2)18(25-16)20(12-21)8-7-17(22)19-3/h4-9,12,14,16,18,27H,10-11H2,1-3H3,(H,19,22)/b8-7-/t14-,16-,18+/m0/s1. The van der Waals surface area contributed by atoms with Gasteiger partial charge in [-0.1, -0.05) is 19.1 Å². The van der Waals surface area contributed by atoms with Gasteiger partial charge < -0.3 is 14.6 Å². The van der Waals surface area contributed by atoms with Gasteiger partial charge in [0.2, 0.25) is 12.3 Å². The van der Waals surface area contributed by atoms with Crippen LogP contribution < -0.4 is 9.84 Å². The van der Waals surface area contributed by atoms with E-state index in [1.165, 1.54) is 24.2 Å². The lowest BCUT2D eigenvalue weighted by molar-refractivity contribution is -0.129. The fourth-order valence-electron chi connectivity index (χ4n) is 2.77. The molecule has 0 aliphatic carbocycles. The Bertz CT molecular complexity index is 711. The topological polar surface area (TPSA) is 94.2 Å². The molecule has 0 spiro atoms. The normalized spacial score (nSPS) is 23.1. The summed E-state index contributed by atoms with van der Waals surface area (Å²) >= 11 is 0. The van der Waals surface area contributed by atoms with Gasteiger partial charge in [0.05, 0.1) is 12.7 Å². The molecule has 1 aliphatic rings. The molecule has 0 saturated carbocycles. The molecule has 2 rings (SSSR count). The van der Waals surface area contributed by atoms with Gasteiger partial charge in [0.25, 0.3) is 0 Å². The molecule has 1 fully saturated rings. The van der Waals surface area contributed by atoms with Crippen molar-refractivity contribution in [2.24, 2.45) is 5.92 Å². The zero-order chi connectivity index (χ0) is 19.8. The number of hydrogen-bond acceptors (Lipinski definition) is 6. The Kier molecular flexibility index (Phi) is 8.03. The van der Waals surface area contributed by atoms with Crippen LogP contribution in [0.3, 0.4) is 0 Å². The molecule has 1 saturated heterocycles.